The minimum absolute atomic E-state index is 0.642. The van der Waals surface area contributed by atoms with Gasteiger partial charge in [-0.2, -0.15) is 13.2 Å². The van der Waals surface area contributed by atoms with Crippen LogP contribution in [0.5, 0.6) is 0 Å². The van der Waals surface area contributed by atoms with Crippen LogP contribution in [0.4, 0.5) is 13.2 Å². The normalized spacial score (nSPS) is 11.6. The Hall–Kier alpha value is -1.84. The molecule has 0 saturated heterocycles. The number of aromatic nitrogens is 1. The van der Waals surface area contributed by atoms with E-state index in [2.05, 4.69) is 4.98 Å². The summed E-state index contributed by atoms with van der Waals surface area (Å²) in [6, 6.07) is 6.95. The van der Waals surface area contributed by atoms with Gasteiger partial charge in [0.2, 0.25) is 0 Å². The second kappa shape index (κ2) is 4.44. The van der Waals surface area contributed by atoms with Gasteiger partial charge in [0.05, 0.1) is 11.3 Å². The third-order valence-electron chi connectivity index (χ3n) is 2.96. The Labute approximate surface area is 103 Å². The van der Waals surface area contributed by atoms with Gasteiger partial charge in [-0.25, -0.2) is 0 Å². The van der Waals surface area contributed by atoms with Crippen molar-refractivity contribution in [3.63, 3.8) is 0 Å². The molecule has 0 aliphatic carbocycles. The van der Waals surface area contributed by atoms with Gasteiger partial charge in [0.15, 0.2) is 0 Å². The molecule has 0 amide bonds. The number of pyridine rings is 1. The third kappa shape index (κ3) is 2.37. The van der Waals surface area contributed by atoms with Crippen molar-refractivity contribution in [2.75, 3.05) is 0 Å². The highest BCUT2D eigenvalue weighted by Crippen LogP contribution is 2.31. The van der Waals surface area contributed by atoms with E-state index < -0.39 is 11.7 Å². The topological polar surface area (TPSA) is 12.9 Å². The van der Waals surface area contributed by atoms with Crippen LogP contribution in [-0.2, 0) is 6.18 Å². The van der Waals surface area contributed by atoms with Crippen LogP contribution in [0.15, 0.2) is 36.5 Å². The minimum Gasteiger partial charge on any atom is -0.256 e. The Morgan fingerprint density at radius 2 is 1.56 bits per heavy atom. The van der Waals surface area contributed by atoms with Gasteiger partial charge < -0.3 is 0 Å². The predicted octanol–water partition coefficient (Wildman–Crippen LogP) is 4.38. The van der Waals surface area contributed by atoms with Crippen molar-refractivity contribution in [3.8, 4) is 11.3 Å². The summed E-state index contributed by atoms with van der Waals surface area (Å²) in [5.41, 5.74) is 2.83. The molecule has 1 nitrogen and oxygen atoms in total. The molecule has 18 heavy (non-hydrogen) atoms. The maximum Gasteiger partial charge on any atom is 0.416 e. The van der Waals surface area contributed by atoms with Gasteiger partial charge in [0.1, 0.15) is 0 Å². The quantitative estimate of drug-likeness (QED) is 0.732. The Morgan fingerprint density at radius 3 is 2.11 bits per heavy atom. The molecular formula is C14H12F3N. The van der Waals surface area contributed by atoms with Crippen LogP contribution < -0.4 is 0 Å². The molecule has 2 rings (SSSR count). The molecule has 1 heterocycles. The fourth-order valence-electron chi connectivity index (χ4n) is 1.74. The predicted molar refractivity (Wildman–Crippen MR) is 64.1 cm³/mol. The molecule has 0 spiro atoms. The zero-order valence-corrected chi connectivity index (χ0v) is 10.0. The standard InChI is InChI=1S/C14H12F3N/c1-9-7-8-18-13(10(9)2)11-3-5-12(6-4-11)14(15,16)17/h3-8H,1-2H3. The van der Waals surface area contributed by atoms with E-state index in [0.717, 1.165) is 29.0 Å². The molecule has 94 valence electrons. The van der Waals surface area contributed by atoms with E-state index in [0.29, 0.717) is 5.56 Å². The summed E-state index contributed by atoms with van der Waals surface area (Å²) in [4.78, 5) is 4.22. The van der Waals surface area contributed by atoms with Crippen molar-refractivity contribution in [3.05, 3.63) is 53.2 Å². The van der Waals surface area contributed by atoms with E-state index in [1.807, 2.05) is 19.9 Å². The van der Waals surface area contributed by atoms with Gasteiger partial charge in [-0.3, -0.25) is 4.98 Å². The lowest BCUT2D eigenvalue weighted by Gasteiger charge is -2.10. The van der Waals surface area contributed by atoms with E-state index in [4.69, 9.17) is 0 Å². The summed E-state index contributed by atoms with van der Waals surface area (Å²) in [6.45, 7) is 3.86. The van der Waals surface area contributed by atoms with Crippen molar-refractivity contribution in [1.82, 2.24) is 4.98 Å². The molecule has 2 aromatic rings. The summed E-state index contributed by atoms with van der Waals surface area (Å²) in [7, 11) is 0. The first-order valence-electron chi connectivity index (χ1n) is 5.49. The molecule has 0 aliphatic heterocycles. The lowest BCUT2D eigenvalue weighted by molar-refractivity contribution is -0.137. The number of halogens is 3. The molecule has 0 fully saturated rings. The van der Waals surface area contributed by atoms with Crippen LogP contribution in [0.1, 0.15) is 16.7 Å². The van der Waals surface area contributed by atoms with Gasteiger partial charge in [-0.1, -0.05) is 12.1 Å². The number of nitrogens with zero attached hydrogens (tertiary/aromatic N) is 1. The average molecular weight is 251 g/mol. The molecule has 0 bridgehead atoms. The highest BCUT2D eigenvalue weighted by molar-refractivity contribution is 5.64. The Morgan fingerprint density at radius 1 is 0.944 bits per heavy atom. The van der Waals surface area contributed by atoms with E-state index >= 15 is 0 Å². The lowest BCUT2D eigenvalue weighted by Crippen LogP contribution is -2.04. The first-order chi connectivity index (χ1) is 8.39. The van der Waals surface area contributed by atoms with Crippen LogP contribution in [-0.4, -0.2) is 4.98 Å². The van der Waals surface area contributed by atoms with Crippen molar-refractivity contribution in [2.24, 2.45) is 0 Å². The van der Waals surface area contributed by atoms with E-state index in [1.54, 1.807) is 6.20 Å². The average Bonchev–Trinajstić information content (AvgIpc) is 2.32. The molecule has 0 atom stereocenters. The Kier molecular flexibility index (Phi) is 3.11. The van der Waals surface area contributed by atoms with E-state index in [1.165, 1.54) is 12.1 Å². The van der Waals surface area contributed by atoms with Crippen molar-refractivity contribution in [2.45, 2.75) is 20.0 Å². The first kappa shape index (κ1) is 12.6. The summed E-state index contributed by atoms with van der Waals surface area (Å²) in [5.74, 6) is 0. The van der Waals surface area contributed by atoms with Crippen molar-refractivity contribution >= 4 is 0 Å². The van der Waals surface area contributed by atoms with Crippen LogP contribution in [0.2, 0.25) is 0 Å². The maximum absolute atomic E-state index is 12.4. The molecular weight excluding hydrogens is 239 g/mol. The van der Waals surface area contributed by atoms with Gasteiger partial charge in [0, 0.05) is 11.8 Å². The Bertz CT molecular complexity index is 556. The first-order valence-corrected chi connectivity index (χ1v) is 5.49. The highest BCUT2D eigenvalue weighted by Gasteiger charge is 2.30. The van der Waals surface area contributed by atoms with E-state index in [9.17, 15) is 13.2 Å². The summed E-state index contributed by atoms with van der Waals surface area (Å²) in [5, 5.41) is 0. The second-order valence-electron chi connectivity index (χ2n) is 4.18. The zero-order chi connectivity index (χ0) is 13.3. The number of alkyl halides is 3. The van der Waals surface area contributed by atoms with Gasteiger partial charge in [-0.15, -0.1) is 0 Å². The fraction of sp³-hybridized carbons (Fsp3) is 0.214. The summed E-state index contributed by atoms with van der Waals surface area (Å²) < 4.78 is 37.3. The number of aryl methyl sites for hydroxylation is 1. The number of benzene rings is 1. The molecule has 1 aromatic carbocycles. The molecule has 0 radical (unpaired) electrons. The summed E-state index contributed by atoms with van der Waals surface area (Å²) >= 11 is 0. The maximum atomic E-state index is 12.4. The molecule has 0 unspecified atom stereocenters. The van der Waals surface area contributed by atoms with Crippen LogP contribution in [0, 0.1) is 13.8 Å². The van der Waals surface area contributed by atoms with E-state index in [-0.39, 0.29) is 0 Å². The van der Waals surface area contributed by atoms with Crippen molar-refractivity contribution in [1.29, 1.82) is 0 Å². The number of rotatable bonds is 1. The SMILES string of the molecule is Cc1ccnc(-c2ccc(C(F)(F)F)cc2)c1C. The molecule has 1 aromatic heterocycles. The second-order valence-corrected chi connectivity index (χ2v) is 4.18. The zero-order valence-electron chi connectivity index (χ0n) is 10.0. The molecule has 0 N–H and O–H groups in total. The largest absolute Gasteiger partial charge is 0.416 e. The molecule has 0 aliphatic rings. The van der Waals surface area contributed by atoms with Gasteiger partial charge >= 0.3 is 6.18 Å². The van der Waals surface area contributed by atoms with Crippen LogP contribution in [0.25, 0.3) is 11.3 Å². The fourth-order valence-corrected chi connectivity index (χ4v) is 1.74. The van der Waals surface area contributed by atoms with Crippen LogP contribution >= 0.6 is 0 Å². The minimum atomic E-state index is -4.30. The lowest BCUT2D eigenvalue weighted by atomic mass is 10.0. The third-order valence-corrected chi connectivity index (χ3v) is 2.96. The van der Waals surface area contributed by atoms with Gasteiger partial charge in [0.25, 0.3) is 0 Å². The van der Waals surface area contributed by atoms with Gasteiger partial charge in [-0.05, 0) is 43.2 Å². The molecule has 4 heteroatoms. The number of hydrogen-bond donors (Lipinski definition) is 0. The monoisotopic (exact) mass is 251 g/mol. The number of hydrogen-bond acceptors (Lipinski definition) is 1. The Balaban J connectivity index is 2.44. The smallest absolute Gasteiger partial charge is 0.256 e. The molecule has 0 saturated carbocycles. The van der Waals surface area contributed by atoms with Crippen LogP contribution in [0.3, 0.4) is 0 Å². The van der Waals surface area contributed by atoms with Crippen molar-refractivity contribution < 1.29 is 13.2 Å². The highest BCUT2D eigenvalue weighted by atomic mass is 19.4. The summed E-state index contributed by atoms with van der Waals surface area (Å²) in [6.07, 6.45) is -2.64.